The van der Waals surface area contributed by atoms with Gasteiger partial charge in [-0.05, 0) is 51.4 Å². The van der Waals surface area contributed by atoms with Crippen LogP contribution in [0.1, 0.15) is 38.3 Å². The maximum atomic E-state index is 13.2. The molecule has 0 amide bonds. The molecule has 3 saturated heterocycles. The van der Waals surface area contributed by atoms with Gasteiger partial charge in [-0.25, -0.2) is 8.42 Å². The van der Waals surface area contributed by atoms with Gasteiger partial charge < -0.3 is 0 Å². The largest absolute Gasteiger partial charge is 0.298 e. The molecule has 7 heteroatoms. The van der Waals surface area contributed by atoms with Gasteiger partial charge >= 0.3 is 0 Å². The fraction of sp³-hybridized carbons (Fsp3) is 0.824. The third kappa shape index (κ3) is 3.02. The summed E-state index contributed by atoms with van der Waals surface area (Å²) in [6.45, 7) is 8.01. The summed E-state index contributed by atoms with van der Waals surface area (Å²) in [5.41, 5.74) is 0.614. The first kappa shape index (κ1) is 16.5. The summed E-state index contributed by atoms with van der Waals surface area (Å²) in [5, 5.41) is 4.33. The molecule has 1 saturated carbocycles. The van der Waals surface area contributed by atoms with Crippen molar-refractivity contribution >= 4 is 10.0 Å². The van der Waals surface area contributed by atoms with Crippen molar-refractivity contribution in [3.05, 3.63) is 11.9 Å². The van der Waals surface area contributed by atoms with Gasteiger partial charge in [0.2, 0.25) is 10.0 Å². The SMILES string of the molecule is CCn1cc(S(=O)(=O)N2C[C@@H]3CC[C@H](C2)N(CC2CC2)C3)c(C)n1. The zero-order valence-corrected chi connectivity index (χ0v) is 15.5. The molecular weight excluding hydrogens is 324 g/mol. The smallest absolute Gasteiger partial charge is 0.246 e. The zero-order chi connectivity index (χ0) is 16.9. The quantitative estimate of drug-likeness (QED) is 0.809. The van der Waals surface area contributed by atoms with Gasteiger partial charge in [-0.1, -0.05) is 0 Å². The molecule has 0 radical (unpaired) electrons. The molecule has 1 aromatic heterocycles. The molecule has 24 heavy (non-hydrogen) atoms. The van der Waals surface area contributed by atoms with Gasteiger partial charge in [-0.15, -0.1) is 0 Å². The van der Waals surface area contributed by atoms with Gasteiger partial charge in [-0.3, -0.25) is 9.58 Å². The average Bonchev–Trinajstić information content (AvgIpc) is 3.33. The van der Waals surface area contributed by atoms with E-state index in [0.29, 0.717) is 42.2 Å². The molecule has 2 atom stereocenters. The van der Waals surface area contributed by atoms with Crippen molar-refractivity contribution in [3.8, 4) is 0 Å². The van der Waals surface area contributed by atoms with Crippen LogP contribution in [0.5, 0.6) is 0 Å². The molecule has 0 spiro atoms. The number of aryl methyl sites for hydroxylation is 2. The van der Waals surface area contributed by atoms with Crippen LogP contribution in [-0.2, 0) is 16.6 Å². The first-order valence-corrected chi connectivity index (χ1v) is 10.7. The van der Waals surface area contributed by atoms with E-state index < -0.39 is 10.0 Å². The molecule has 6 nitrogen and oxygen atoms in total. The molecule has 5 rings (SSSR count). The van der Waals surface area contributed by atoms with Crippen molar-refractivity contribution in [1.82, 2.24) is 19.0 Å². The van der Waals surface area contributed by atoms with Crippen molar-refractivity contribution in [1.29, 1.82) is 0 Å². The summed E-state index contributed by atoms with van der Waals surface area (Å²) in [5.74, 6) is 1.33. The summed E-state index contributed by atoms with van der Waals surface area (Å²) in [7, 11) is -3.44. The van der Waals surface area contributed by atoms with E-state index in [0.717, 1.165) is 25.3 Å². The van der Waals surface area contributed by atoms with Gasteiger partial charge in [0.15, 0.2) is 0 Å². The Morgan fingerprint density at radius 1 is 1.17 bits per heavy atom. The van der Waals surface area contributed by atoms with Gasteiger partial charge in [0.25, 0.3) is 0 Å². The number of piperidine rings is 1. The molecular formula is C17H28N4O2S. The van der Waals surface area contributed by atoms with Gasteiger partial charge in [0.1, 0.15) is 4.90 Å². The monoisotopic (exact) mass is 352 g/mol. The predicted molar refractivity (Wildman–Crippen MR) is 92.2 cm³/mol. The zero-order valence-electron chi connectivity index (χ0n) is 14.7. The first-order chi connectivity index (χ1) is 11.5. The van der Waals surface area contributed by atoms with Crippen LogP contribution < -0.4 is 0 Å². The maximum Gasteiger partial charge on any atom is 0.246 e. The molecule has 1 aliphatic carbocycles. The van der Waals surface area contributed by atoms with Crippen LogP contribution in [0.25, 0.3) is 0 Å². The van der Waals surface area contributed by atoms with Gasteiger partial charge in [-0.2, -0.15) is 9.40 Å². The number of sulfonamides is 1. The van der Waals surface area contributed by atoms with E-state index in [-0.39, 0.29) is 0 Å². The number of nitrogens with zero attached hydrogens (tertiary/aromatic N) is 4. The molecule has 4 fully saturated rings. The molecule has 134 valence electrons. The van der Waals surface area contributed by atoms with Crippen LogP contribution >= 0.6 is 0 Å². The van der Waals surface area contributed by atoms with Crippen molar-refractivity contribution in [2.45, 2.75) is 57.0 Å². The maximum absolute atomic E-state index is 13.2. The molecule has 4 heterocycles. The van der Waals surface area contributed by atoms with Crippen LogP contribution in [0.3, 0.4) is 0 Å². The predicted octanol–water partition coefficient (Wildman–Crippen LogP) is 1.71. The summed E-state index contributed by atoms with van der Waals surface area (Å²) < 4.78 is 29.9. The Labute approximate surface area is 144 Å². The van der Waals surface area contributed by atoms with E-state index >= 15 is 0 Å². The molecule has 1 aromatic rings. The highest BCUT2D eigenvalue weighted by molar-refractivity contribution is 7.89. The van der Waals surface area contributed by atoms with E-state index in [1.165, 1.54) is 19.4 Å². The molecule has 0 aromatic carbocycles. The lowest BCUT2D eigenvalue weighted by Gasteiger charge is -2.36. The number of hydrogen-bond acceptors (Lipinski definition) is 4. The Kier molecular flexibility index (Phi) is 4.21. The lowest BCUT2D eigenvalue weighted by molar-refractivity contribution is 0.127. The molecule has 0 unspecified atom stereocenters. The topological polar surface area (TPSA) is 58.4 Å². The van der Waals surface area contributed by atoms with Crippen molar-refractivity contribution in [2.75, 3.05) is 26.2 Å². The number of fused-ring (bicyclic) bond motifs is 4. The fourth-order valence-corrected chi connectivity index (χ4v) is 5.96. The molecule has 4 aliphatic rings. The number of aromatic nitrogens is 2. The minimum absolute atomic E-state index is 0.388. The Morgan fingerprint density at radius 2 is 1.96 bits per heavy atom. The minimum Gasteiger partial charge on any atom is -0.298 e. The van der Waals surface area contributed by atoms with Crippen molar-refractivity contribution in [2.24, 2.45) is 11.8 Å². The first-order valence-electron chi connectivity index (χ1n) is 9.25. The highest BCUT2D eigenvalue weighted by atomic mass is 32.2. The molecule has 2 bridgehead atoms. The van der Waals surface area contributed by atoms with E-state index in [2.05, 4.69) is 10.00 Å². The van der Waals surface area contributed by atoms with E-state index in [1.54, 1.807) is 22.1 Å². The standard InChI is InChI=1S/C17H28N4O2S/c1-3-20-12-17(13(2)18-20)24(22,23)21-10-15-6-7-16(11-21)19(9-15)8-14-4-5-14/h12,14-16H,3-11H2,1-2H3/t15-,16-/m1/s1. The summed E-state index contributed by atoms with van der Waals surface area (Å²) in [6, 6.07) is 0.389. The van der Waals surface area contributed by atoms with Crippen LogP contribution in [-0.4, -0.2) is 59.6 Å². The van der Waals surface area contributed by atoms with Gasteiger partial charge in [0.05, 0.1) is 5.69 Å². The number of hydrogen-bond donors (Lipinski definition) is 0. The molecule has 3 aliphatic heterocycles. The van der Waals surface area contributed by atoms with Gasteiger partial charge in [0, 0.05) is 45.0 Å². The second kappa shape index (κ2) is 6.11. The minimum atomic E-state index is -3.44. The fourth-order valence-electron chi connectivity index (χ4n) is 4.24. The second-order valence-electron chi connectivity index (χ2n) is 7.75. The van der Waals surface area contributed by atoms with Crippen LogP contribution in [0.4, 0.5) is 0 Å². The molecule has 0 N–H and O–H groups in total. The third-order valence-corrected chi connectivity index (χ3v) is 7.76. The summed E-state index contributed by atoms with van der Waals surface area (Å²) >= 11 is 0. The van der Waals surface area contributed by atoms with E-state index in [9.17, 15) is 8.42 Å². The highest BCUT2D eigenvalue weighted by Crippen LogP contribution is 2.36. The van der Waals surface area contributed by atoms with E-state index in [1.807, 2.05) is 6.92 Å². The van der Waals surface area contributed by atoms with Crippen LogP contribution in [0.2, 0.25) is 0 Å². The second-order valence-corrected chi connectivity index (χ2v) is 9.66. The van der Waals surface area contributed by atoms with E-state index in [4.69, 9.17) is 0 Å². The normalized spacial score (nSPS) is 29.1. The Bertz CT molecular complexity index is 710. The lowest BCUT2D eigenvalue weighted by Crippen LogP contribution is -2.45. The highest BCUT2D eigenvalue weighted by Gasteiger charge is 2.41. The average molecular weight is 353 g/mol. The van der Waals surface area contributed by atoms with Crippen molar-refractivity contribution in [3.63, 3.8) is 0 Å². The third-order valence-electron chi connectivity index (χ3n) is 5.83. The Balaban J connectivity index is 1.58. The lowest BCUT2D eigenvalue weighted by atomic mass is 9.95. The van der Waals surface area contributed by atoms with Crippen molar-refractivity contribution < 1.29 is 8.42 Å². The Hall–Kier alpha value is -0.920. The van der Waals surface area contributed by atoms with Crippen LogP contribution in [0.15, 0.2) is 11.1 Å². The van der Waals surface area contributed by atoms with Crippen LogP contribution in [0, 0.1) is 18.8 Å². The summed E-state index contributed by atoms with van der Waals surface area (Å²) in [6.07, 6.45) is 6.69. The summed E-state index contributed by atoms with van der Waals surface area (Å²) in [4.78, 5) is 2.96. The Morgan fingerprint density at radius 3 is 2.62 bits per heavy atom. The number of rotatable bonds is 5.